The molecule has 6 heavy (non-hydrogen) atoms. The maximum atomic E-state index is 4.00. The molecule has 1 aliphatic rings. The normalized spacial score (nSPS) is 21.5. The van der Waals surface area contributed by atoms with Crippen molar-refractivity contribution in [1.29, 1.82) is 0 Å². The van der Waals surface area contributed by atoms with Crippen LogP contribution in [0.25, 0.3) is 0 Å². The van der Waals surface area contributed by atoms with Crippen LogP contribution >= 0.6 is 24.4 Å². The maximum Gasteiger partial charge on any atom is 0.174 e. The Balaban J connectivity index is 2.32. The Hall–Kier alpha value is 0.240. The lowest BCUT2D eigenvalue weighted by Crippen LogP contribution is -1.96. The molecule has 1 N–H and O–H groups in total. The lowest BCUT2D eigenvalue weighted by atomic mass is 11.0. The molecule has 0 amide bonds. The zero-order chi connectivity index (χ0) is 4.41. The van der Waals surface area contributed by atoms with Crippen LogP contribution in [0.4, 0.5) is 0 Å². The van der Waals surface area contributed by atoms with Gasteiger partial charge in [-0.2, -0.15) is 0 Å². The van der Waals surface area contributed by atoms with Crippen molar-refractivity contribution in [2.75, 3.05) is 0 Å². The summed E-state index contributed by atoms with van der Waals surface area (Å²) in [5.41, 5.74) is 0. The van der Waals surface area contributed by atoms with Crippen LogP contribution in [0.5, 0.6) is 0 Å². The van der Waals surface area contributed by atoms with Crippen molar-refractivity contribution in [2.45, 2.75) is 0 Å². The van der Waals surface area contributed by atoms with Crippen LogP contribution in [0.1, 0.15) is 0 Å². The van der Waals surface area contributed by atoms with E-state index in [4.69, 9.17) is 0 Å². The van der Waals surface area contributed by atoms with E-state index in [9.17, 15) is 0 Å². The maximum absolute atomic E-state index is 4.00. The molecule has 0 unspecified atom stereocenters. The Morgan fingerprint density at radius 2 is 2.67 bits per heavy atom. The first kappa shape index (κ1) is 4.40. The van der Waals surface area contributed by atoms with E-state index in [0.717, 1.165) is 4.71 Å². The predicted molar refractivity (Wildman–Crippen MR) is 32.1 cm³/mol. The van der Waals surface area contributed by atoms with Gasteiger partial charge in [0.05, 0.1) is 0 Å². The Kier molecular flexibility index (Phi) is 1.32. The van der Waals surface area contributed by atoms with Crippen molar-refractivity contribution >= 4 is 24.4 Å². The second kappa shape index (κ2) is 1.80. The van der Waals surface area contributed by atoms with Crippen molar-refractivity contribution in [3.63, 3.8) is 0 Å². The summed E-state index contributed by atoms with van der Waals surface area (Å²) in [7, 11) is 0. The third kappa shape index (κ3) is 0.849. The summed E-state index contributed by atoms with van der Waals surface area (Å²) in [5.74, 6) is 0. The summed E-state index contributed by atoms with van der Waals surface area (Å²) in [5, 5.41) is 4.83. The van der Waals surface area contributed by atoms with Crippen molar-refractivity contribution in [3.05, 3.63) is 16.3 Å². The lowest BCUT2D eigenvalue weighted by molar-refractivity contribution is 1.16. The molecule has 0 saturated heterocycles. The van der Waals surface area contributed by atoms with Gasteiger partial charge in [0, 0.05) is 6.20 Å². The smallest absolute Gasteiger partial charge is 0.174 e. The largest absolute Gasteiger partial charge is 0.365 e. The van der Waals surface area contributed by atoms with Gasteiger partial charge in [-0.3, -0.25) is 0 Å². The van der Waals surface area contributed by atoms with Crippen molar-refractivity contribution in [2.24, 2.45) is 0 Å². The fourth-order valence-corrected chi connectivity index (χ4v) is 0.896. The van der Waals surface area contributed by atoms with E-state index < -0.39 is 0 Å². The fraction of sp³-hybridized carbons (Fsp3) is 0. The average Bonchev–Trinajstić information content (AvgIpc) is 1.86. The van der Waals surface area contributed by atoms with Gasteiger partial charge in [-0.15, -0.1) is 12.6 Å². The van der Waals surface area contributed by atoms with Gasteiger partial charge in [0.2, 0.25) is 0 Å². The number of thioether (sulfide) groups is 1. The van der Waals surface area contributed by atoms with Gasteiger partial charge >= 0.3 is 0 Å². The highest BCUT2D eigenvalue weighted by Gasteiger charge is 2.01. The molecule has 1 radical (unpaired) electrons. The van der Waals surface area contributed by atoms with Crippen LogP contribution in [0, 0.1) is 4.71 Å². The minimum Gasteiger partial charge on any atom is -0.365 e. The van der Waals surface area contributed by atoms with Crippen LogP contribution in [-0.4, -0.2) is 0 Å². The molecule has 0 spiro atoms. The standard InChI is InChI=1S/C3H4NS2/c5-3-4-1-2-6-3/h1-2,4-5H. The van der Waals surface area contributed by atoms with E-state index in [2.05, 4.69) is 17.9 Å². The molecule has 0 saturated carbocycles. The topological polar surface area (TPSA) is 12.0 Å². The van der Waals surface area contributed by atoms with Gasteiger partial charge in [-0.05, 0) is 5.41 Å². The van der Waals surface area contributed by atoms with Crippen molar-refractivity contribution in [1.82, 2.24) is 5.32 Å². The van der Waals surface area contributed by atoms with E-state index in [-0.39, 0.29) is 0 Å². The van der Waals surface area contributed by atoms with Crippen LogP contribution in [-0.2, 0) is 0 Å². The van der Waals surface area contributed by atoms with E-state index in [1.54, 1.807) is 11.8 Å². The molecular formula is C3H4NS2. The molecule has 0 fully saturated rings. The van der Waals surface area contributed by atoms with Crippen molar-refractivity contribution < 1.29 is 0 Å². The van der Waals surface area contributed by atoms with Gasteiger partial charge in [-0.1, -0.05) is 11.8 Å². The summed E-state index contributed by atoms with van der Waals surface area (Å²) >= 11 is 5.58. The Morgan fingerprint density at radius 1 is 1.83 bits per heavy atom. The number of hydrogen-bond donors (Lipinski definition) is 2. The first-order valence-electron chi connectivity index (χ1n) is 1.54. The molecule has 3 heteroatoms. The van der Waals surface area contributed by atoms with Crippen LogP contribution in [0.2, 0.25) is 0 Å². The van der Waals surface area contributed by atoms with E-state index >= 15 is 0 Å². The monoisotopic (exact) mass is 118 g/mol. The third-order valence-electron chi connectivity index (χ3n) is 0.455. The minimum absolute atomic E-state index is 0.954. The second-order valence-electron chi connectivity index (χ2n) is 0.870. The zero-order valence-electron chi connectivity index (χ0n) is 3.01. The molecule has 0 aromatic rings. The van der Waals surface area contributed by atoms with E-state index in [1.165, 1.54) is 0 Å². The van der Waals surface area contributed by atoms with Crippen LogP contribution in [0.3, 0.4) is 0 Å². The predicted octanol–water partition coefficient (Wildman–Crippen LogP) is 1.17. The Morgan fingerprint density at radius 3 is 2.83 bits per heavy atom. The number of hydrogen-bond acceptors (Lipinski definition) is 3. The molecule has 0 atom stereocenters. The second-order valence-corrected chi connectivity index (χ2v) is 2.54. The minimum atomic E-state index is 0.954. The van der Waals surface area contributed by atoms with Gasteiger partial charge in [0.15, 0.2) is 4.71 Å². The Bertz CT molecular complexity index is 63.2. The summed E-state index contributed by atoms with van der Waals surface area (Å²) in [4.78, 5) is 0. The highest BCUT2D eigenvalue weighted by molar-refractivity contribution is 8.15. The fourth-order valence-electron chi connectivity index (χ4n) is 0.238. The SMILES string of the molecule is S[C]1NC=CS1. The average molecular weight is 118 g/mol. The molecule has 0 aromatic carbocycles. The summed E-state index contributed by atoms with van der Waals surface area (Å²) in [6.45, 7) is 0. The molecule has 1 aliphatic heterocycles. The van der Waals surface area contributed by atoms with E-state index in [0.29, 0.717) is 0 Å². The molecule has 0 bridgehead atoms. The first-order chi connectivity index (χ1) is 2.89. The summed E-state index contributed by atoms with van der Waals surface area (Å²) in [6.07, 6.45) is 1.85. The number of thiol groups is 1. The first-order valence-corrected chi connectivity index (χ1v) is 2.86. The molecule has 0 aliphatic carbocycles. The summed E-state index contributed by atoms with van der Waals surface area (Å²) < 4.78 is 0.954. The highest BCUT2D eigenvalue weighted by atomic mass is 32.2. The van der Waals surface area contributed by atoms with Crippen LogP contribution in [0.15, 0.2) is 11.6 Å². The van der Waals surface area contributed by atoms with Crippen LogP contribution < -0.4 is 5.32 Å². The van der Waals surface area contributed by atoms with Gasteiger partial charge in [0.1, 0.15) is 0 Å². The summed E-state index contributed by atoms with van der Waals surface area (Å²) in [6, 6.07) is 0. The van der Waals surface area contributed by atoms with E-state index in [1.807, 2.05) is 11.6 Å². The molecule has 1 rings (SSSR count). The quantitative estimate of drug-likeness (QED) is 0.463. The Labute approximate surface area is 46.6 Å². The third-order valence-corrected chi connectivity index (χ3v) is 1.51. The van der Waals surface area contributed by atoms with Gasteiger partial charge in [0.25, 0.3) is 0 Å². The molecule has 1 heterocycles. The number of nitrogens with one attached hydrogen (secondary N) is 1. The molecular weight excluding hydrogens is 114 g/mol. The van der Waals surface area contributed by atoms with Gasteiger partial charge in [-0.25, -0.2) is 0 Å². The molecule has 0 aromatic heterocycles. The molecule has 1 nitrogen and oxygen atoms in total. The number of rotatable bonds is 0. The van der Waals surface area contributed by atoms with Crippen molar-refractivity contribution in [3.8, 4) is 0 Å². The van der Waals surface area contributed by atoms with Gasteiger partial charge < -0.3 is 5.32 Å². The lowest BCUT2D eigenvalue weighted by Gasteiger charge is -1.92. The molecule has 33 valence electrons. The zero-order valence-corrected chi connectivity index (χ0v) is 4.72. The highest BCUT2D eigenvalue weighted by Crippen LogP contribution is 2.24.